The molecular weight excluding hydrogens is 385 g/mol. The van der Waals surface area contributed by atoms with Gasteiger partial charge in [0.1, 0.15) is 5.03 Å². The van der Waals surface area contributed by atoms with Gasteiger partial charge < -0.3 is 14.2 Å². The van der Waals surface area contributed by atoms with Crippen LogP contribution in [0.1, 0.15) is 11.5 Å². The molecule has 0 atom stereocenters. The Kier molecular flexibility index (Phi) is 5.43. The van der Waals surface area contributed by atoms with Gasteiger partial charge in [-0.25, -0.2) is 0 Å². The minimum atomic E-state index is 0.267. The molecule has 138 valence electrons. The van der Waals surface area contributed by atoms with Crippen LogP contribution in [-0.2, 0) is 4.74 Å². The van der Waals surface area contributed by atoms with Crippen molar-refractivity contribution in [2.24, 2.45) is 0 Å². The van der Waals surface area contributed by atoms with E-state index in [0.717, 1.165) is 37.4 Å². The molecule has 27 heavy (non-hydrogen) atoms. The van der Waals surface area contributed by atoms with Crippen LogP contribution < -0.4 is 4.90 Å². The molecule has 0 amide bonds. The molecule has 7 heteroatoms. The molecule has 1 aromatic heterocycles. The molecule has 2 aromatic carbocycles. The van der Waals surface area contributed by atoms with Crippen molar-refractivity contribution in [2.45, 2.75) is 0 Å². The SMILES string of the molecule is Cl/C(=C\c1ccc(N2CCOCC2)cc1)c1nc(-c2cccc(Cl)c2)no1. The fourth-order valence-corrected chi connectivity index (χ4v) is 3.27. The van der Waals surface area contributed by atoms with Crippen molar-refractivity contribution in [2.75, 3.05) is 31.2 Å². The quantitative estimate of drug-likeness (QED) is 0.617. The zero-order chi connectivity index (χ0) is 18.6. The summed E-state index contributed by atoms with van der Waals surface area (Å²) in [6.07, 6.45) is 1.81. The Morgan fingerprint density at radius 3 is 2.59 bits per heavy atom. The lowest BCUT2D eigenvalue weighted by Crippen LogP contribution is -2.36. The van der Waals surface area contributed by atoms with Crippen LogP contribution in [0.3, 0.4) is 0 Å². The molecule has 0 unspecified atom stereocenters. The Morgan fingerprint density at radius 1 is 1.07 bits per heavy atom. The van der Waals surface area contributed by atoms with E-state index in [2.05, 4.69) is 27.2 Å². The van der Waals surface area contributed by atoms with Crippen molar-refractivity contribution in [3.8, 4) is 11.4 Å². The van der Waals surface area contributed by atoms with Gasteiger partial charge in [-0.05, 0) is 35.9 Å². The molecule has 1 saturated heterocycles. The molecule has 2 heterocycles. The van der Waals surface area contributed by atoms with Crippen molar-refractivity contribution in [1.82, 2.24) is 10.1 Å². The van der Waals surface area contributed by atoms with Crippen LogP contribution in [0.15, 0.2) is 53.1 Å². The van der Waals surface area contributed by atoms with Crippen LogP contribution in [-0.4, -0.2) is 36.4 Å². The van der Waals surface area contributed by atoms with E-state index in [1.54, 1.807) is 18.2 Å². The van der Waals surface area contributed by atoms with E-state index in [1.807, 2.05) is 24.3 Å². The number of aromatic nitrogens is 2. The monoisotopic (exact) mass is 401 g/mol. The highest BCUT2D eigenvalue weighted by Crippen LogP contribution is 2.26. The summed E-state index contributed by atoms with van der Waals surface area (Å²) >= 11 is 12.4. The van der Waals surface area contributed by atoms with E-state index in [0.29, 0.717) is 15.9 Å². The third-order valence-corrected chi connectivity index (χ3v) is 4.78. The van der Waals surface area contributed by atoms with Gasteiger partial charge in [0.25, 0.3) is 5.89 Å². The van der Waals surface area contributed by atoms with Gasteiger partial charge in [-0.15, -0.1) is 0 Å². The van der Waals surface area contributed by atoms with E-state index >= 15 is 0 Å². The first-order valence-corrected chi connectivity index (χ1v) is 9.34. The molecule has 0 radical (unpaired) electrons. The van der Waals surface area contributed by atoms with Crippen molar-refractivity contribution in [1.29, 1.82) is 0 Å². The summed E-state index contributed by atoms with van der Waals surface area (Å²) < 4.78 is 10.7. The average molecular weight is 402 g/mol. The third kappa shape index (κ3) is 4.33. The van der Waals surface area contributed by atoms with E-state index in [4.69, 9.17) is 32.5 Å². The number of benzene rings is 2. The summed E-state index contributed by atoms with van der Waals surface area (Å²) in [6.45, 7) is 3.34. The number of halogens is 2. The fourth-order valence-electron chi connectivity index (χ4n) is 2.88. The summed E-state index contributed by atoms with van der Waals surface area (Å²) in [5.74, 6) is 0.714. The van der Waals surface area contributed by atoms with Gasteiger partial charge in [0.2, 0.25) is 5.82 Å². The van der Waals surface area contributed by atoms with E-state index < -0.39 is 0 Å². The Bertz CT molecular complexity index is 948. The summed E-state index contributed by atoms with van der Waals surface area (Å²) in [5.41, 5.74) is 2.91. The second-order valence-electron chi connectivity index (χ2n) is 6.12. The fraction of sp³-hybridized carbons (Fsp3) is 0.200. The van der Waals surface area contributed by atoms with Crippen molar-refractivity contribution in [3.63, 3.8) is 0 Å². The molecule has 1 fully saturated rings. The Hall–Kier alpha value is -2.34. The number of rotatable bonds is 4. The molecule has 1 aliphatic heterocycles. The van der Waals surface area contributed by atoms with Gasteiger partial charge in [-0.1, -0.05) is 52.6 Å². The number of anilines is 1. The van der Waals surface area contributed by atoms with Crippen LogP contribution >= 0.6 is 23.2 Å². The number of nitrogens with zero attached hydrogens (tertiary/aromatic N) is 3. The van der Waals surface area contributed by atoms with Crippen LogP contribution in [0.5, 0.6) is 0 Å². The molecule has 5 nitrogen and oxygen atoms in total. The van der Waals surface area contributed by atoms with Crippen LogP contribution in [0, 0.1) is 0 Å². The molecule has 0 N–H and O–H groups in total. The molecule has 0 aliphatic carbocycles. The Morgan fingerprint density at radius 2 is 1.85 bits per heavy atom. The normalized spacial score (nSPS) is 15.2. The van der Waals surface area contributed by atoms with E-state index in [1.165, 1.54) is 5.69 Å². The first-order chi connectivity index (χ1) is 13.2. The summed E-state index contributed by atoms with van der Waals surface area (Å²) in [5, 5.41) is 4.97. The number of ether oxygens (including phenoxy) is 1. The lowest BCUT2D eigenvalue weighted by Gasteiger charge is -2.28. The highest BCUT2D eigenvalue weighted by molar-refractivity contribution is 6.50. The van der Waals surface area contributed by atoms with Crippen molar-refractivity contribution in [3.05, 3.63) is 65.0 Å². The van der Waals surface area contributed by atoms with Crippen LogP contribution in [0.25, 0.3) is 22.5 Å². The number of hydrogen-bond acceptors (Lipinski definition) is 5. The molecule has 0 bridgehead atoms. The lowest BCUT2D eigenvalue weighted by atomic mass is 10.1. The lowest BCUT2D eigenvalue weighted by molar-refractivity contribution is 0.122. The molecule has 3 aromatic rings. The molecule has 0 saturated carbocycles. The predicted octanol–water partition coefficient (Wildman–Crippen LogP) is 4.96. The minimum absolute atomic E-state index is 0.267. The first-order valence-electron chi connectivity index (χ1n) is 8.59. The second kappa shape index (κ2) is 8.13. The number of hydrogen-bond donors (Lipinski definition) is 0. The van der Waals surface area contributed by atoms with Crippen LogP contribution in [0.2, 0.25) is 5.02 Å². The van der Waals surface area contributed by atoms with E-state index in [-0.39, 0.29) is 5.89 Å². The van der Waals surface area contributed by atoms with Gasteiger partial charge in [0.15, 0.2) is 0 Å². The van der Waals surface area contributed by atoms with Gasteiger partial charge in [-0.3, -0.25) is 0 Å². The van der Waals surface area contributed by atoms with Crippen molar-refractivity contribution >= 4 is 40.0 Å². The predicted molar refractivity (Wildman–Crippen MR) is 108 cm³/mol. The second-order valence-corrected chi connectivity index (χ2v) is 6.96. The maximum absolute atomic E-state index is 6.37. The average Bonchev–Trinajstić information content (AvgIpc) is 3.20. The van der Waals surface area contributed by atoms with Gasteiger partial charge >= 0.3 is 0 Å². The van der Waals surface area contributed by atoms with Gasteiger partial charge in [-0.2, -0.15) is 4.98 Å². The maximum Gasteiger partial charge on any atom is 0.269 e. The third-order valence-electron chi connectivity index (χ3n) is 4.28. The largest absolute Gasteiger partial charge is 0.378 e. The summed E-state index contributed by atoms with van der Waals surface area (Å²) in [4.78, 5) is 6.65. The topological polar surface area (TPSA) is 51.4 Å². The summed E-state index contributed by atoms with van der Waals surface area (Å²) in [6, 6.07) is 15.4. The highest BCUT2D eigenvalue weighted by Gasteiger charge is 2.13. The molecule has 0 spiro atoms. The minimum Gasteiger partial charge on any atom is -0.378 e. The maximum atomic E-state index is 6.37. The van der Waals surface area contributed by atoms with Crippen molar-refractivity contribution < 1.29 is 9.26 Å². The molecular formula is C20H17Cl2N3O2. The summed E-state index contributed by atoms with van der Waals surface area (Å²) in [7, 11) is 0. The standard InChI is InChI=1S/C20H17Cl2N3O2/c21-16-3-1-2-15(13-16)19-23-20(27-24-19)18(22)12-14-4-6-17(7-5-14)25-8-10-26-11-9-25/h1-7,12-13H,8-11H2/b18-12-. The van der Waals surface area contributed by atoms with Gasteiger partial charge in [0.05, 0.1) is 13.2 Å². The highest BCUT2D eigenvalue weighted by atomic mass is 35.5. The van der Waals surface area contributed by atoms with E-state index in [9.17, 15) is 0 Å². The molecule has 1 aliphatic rings. The number of morpholine rings is 1. The van der Waals surface area contributed by atoms with Gasteiger partial charge in [0, 0.05) is 29.4 Å². The van der Waals surface area contributed by atoms with Crippen LogP contribution in [0.4, 0.5) is 5.69 Å². The smallest absolute Gasteiger partial charge is 0.269 e. The zero-order valence-electron chi connectivity index (χ0n) is 14.4. The molecule has 4 rings (SSSR count). The Labute approximate surface area is 167 Å². The zero-order valence-corrected chi connectivity index (χ0v) is 16.0. The first kappa shape index (κ1) is 18.0. The Balaban J connectivity index is 1.50.